The molecule has 1 N–H and O–H groups in total. The predicted octanol–water partition coefficient (Wildman–Crippen LogP) is 8.10. The number of nitrogens with zero attached hydrogens (tertiary/aromatic N) is 4. The average molecular weight is 612 g/mol. The highest BCUT2D eigenvalue weighted by Gasteiger charge is 2.34. The molecule has 0 saturated heterocycles. The van der Waals surface area contributed by atoms with Crippen molar-refractivity contribution in [2.45, 2.75) is 63.6 Å². The predicted molar refractivity (Wildman–Crippen MR) is 161 cm³/mol. The number of tetrazole rings is 1. The summed E-state index contributed by atoms with van der Waals surface area (Å²) in [4.78, 5) is 2.25. The van der Waals surface area contributed by atoms with Crippen molar-refractivity contribution in [3.05, 3.63) is 106 Å². The smallest absolute Gasteiger partial charge is 0.417 e. The van der Waals surface area contributed by atoms with Gasteiger partial charge in [0.2, 0.25) is 0 Å². The van der Waals surface area contributed by atoms with Crippen molar-refractivity contribution in [1.29, 1.82) is 0 Å². The zero-order valence-electron chi connectivity index (χ0n) is 24.1. The molecule has 0 spiro atoms. The van der Waals surface area contributed by atoms with Crippen molar-refractivity contribution in [2.24, 2.45) is 5.92 Å². The van der Waals surface area contributed by atoms with Gasteiger partial charge in [-0.05, 0) is 66.0 Å². The van der Waals surface area contributed by atoms with Gasteiger partial charge < -0.3 is 4.74 Å². The average Bonchev–Trinajstić information content (AvgIpc) is 3.52. The highest BCUT2D eigenvalue weighted by atomic mass is 35.5. The maximum absolute atomic E-state index is 13.7. The number of hydrogen-bond donors (Lipinski definition) is 1. The summed E-state index contributed by atoms with van der Waals surface area (Å²) in [7, 11) is 0. The van der Waals surface area contributed by atoms with Crippen molar-refractivity contribution in [3.8, 4) is 5.75 Å². The van der Waals surface area contributed by atoms with Gasteiger partial charge in [0.15, 0.2) is 5.82 Å². The quantitative estimate of drug-likeness (QED) is 0.155. The maximum Gasteiger partial charge on any atom is 0.417 e. The minimum Gasteiger partial charge on any atom is -0.494 e. The van der Waals surface area contributed by atoms with Crippen molar-refractivity contribution in [3.63, 3.8) is 0 Å². The first-order valence-electron chi connectivity index (χ1n) is 14.9. The third-order valence-electron chi connectivity index (χ3n) is 8.22. The Balaban J connectivity index is 1.30. The molecule has 1 saturated carbocycles. The maximum atomic E-state index is 13.7. The molecule has 0 bridgehead atoms. The van der Waals surface area contributed by atoms with Gasteiger partial charge in [-0.3, -0.25) is 4.90 Å². The lowest BCUT2D eigenvalue weighted by Crippen LogP contribution is -2.34. The van der Waals surface area contributed by atoms with Gasteiger partial charge in [-0.2, -0.15) is 18.4 Å². The van der Waals surface area contributed by atoms with Crippen LogP contribution in [0.25, 0.3) is 0 Å². The van der Waals surface area contributed by atoms with Crippen LogP contribution < -0.4 is 4.74 Å². The lowest BCUT2D eigenvalue weighted by Gasteiger charge is -2.35. The van der Waals surface area contributed by atoms with Crippen LogP contribution in [-0.2, 0) is 19.1 Å². The van der Waals surface area contributed by atoms with Gasteiger partial charge in [-0.25, -0.2) is 0 Å². The van der Waals surface area contributed by atoms with Crippen molar-refractivity contribution >= 4 is 11.6 Å². The van der Waals surface area contributed by atoms with Crippen molar-refractivity contribution in [2.75, 3.05) is 19.7 Å². The van der Waals surface area contributed by atoms with Gasteiger partial charge in [0.1, 0.15) is 5.75 Å². The Morgan fingerprint density at radius 3 is 2.51 bits per heavy atom. The molecule has 10 heteroatoms. The molecule has 1 atom stereocenters. The van der Waals surface area contributed by atoms with E-state index in [0.29, 0.717) is 49.8 Å². The fourth-order valence-corrected chi connectivity index (χ4v) is 6.39. The molecule has 228 valence electrons. The molecular formula is C33H37ClF3N5O. The summed E-state index contributed by atoms with van der Waals surface area (Å²) in [5.41, 5.74) is 1.99. The van der Waals surface area contributed by atoms with E-state index in [1.807, 2.05) is 30.3 Å². The Hall–Kier alpha value is -3.43. The van der Waals surface area contributed by atoms with Gasteiger partial charge in [-0.15, -0.1) is 10.2 Å². The Morgan fingerprint density at radius 2 is 1.77 bits per heavy atom. The monoisotopic (exact) mass is 611 g/mol. The van der Waals surface area contributed by atoms with E-state index in [2.05, 4.69) is 49.8 Å². The standard InChI is InChI=1S/C33H37ClF3N5O/c34-32-27(15-8-17-30(32)33(35,36)37)22-42(23-29(25-11-3-1-4-12-25)26-13-5-2-6-14-26)18-9-19-43-28-16-7-10-24(20-28)21-31-38-40-41-39-31/h1,3-4,7-8,10-12,15-17,20,26,29H,2,5-6,9,13-14,18-19,21-23H2,(H,38,39,40,41). The van der Waals surface area contributed by atoms with Crippen LogP contribution in [0.3, 0.4) is 0 Å². The second kappa shape index (κ2) is 14.8. The molecule has 1 unspecified atom stereocenters. The number of rotatable bonds is 13. The molecule has 3 aromatic carbocycles. The van der Waals surface area contributed by atoms with Crippen molar-refractivity contribution < 1.29 is 17.9 Å². The Bertz CT molecular complexity index is 1410. The number of aromatic nitrogens is 4. The summed E-state index contributed by atoms with van der Waals surface area (Å²) in [5.74, 6) is 2.17. The largest absolute Gasteiger partial charge is 0.494 e. The zero-order valence-corrected chi connectivity index (χ0v) is 24.8. The lowest BCUT2D eigenvalue weighted by atomic mass is 9.76. The molecular weight excluding hydrogens is 575 g/mol. The number of hydrogen-bond acceptors (Lipinski definition) is 5. The van der Waals surface area contributed by atoms with E-state index >= 15 is 0 Å². The molecule has 1 aromatic heterocycles. The fourth-order valence-electron chi connectivity index (χ4n) is 6.10. The third-order valence-corrected chi connectivity index (χ3v) is 8.66. The Morgan fingerprint density at radius 1 is 0.977 bits per heavy atom. The summed E-state index contributed by atoms with van der Waals surface area (Å²) in [6, 6.07) is 22.5. The van der Waals surface area contributed by atoms with Crippen LogP contribution in [0, 0.1) is 5.92 Å². The number of H-pyrrole nitrogens is 1. The Kier molecular flexibility index (Phi) is 10.7. The van der Waals surface area contributed by atoms with Crippen LogP contribution in [0.15, 0.2) is 72.8 Å². The van der Waals surface area contributed by atoms with E-state index < -0.39 is 11.7 Å². The molecule has 1 aliphatic carbocycles. The highest BCUT2D eigenvalue weighted by molar-refractivity contribution is 6.32. The SMILES string of the molecule is FC(F)(F)c1cccc(CN(CCCOc2cccc(Cc3nn[nH]n3)c2)CC(c2ccccc2)C2CCCCC2)c1Cl. The summed E-state index contributed by atoms with van der Waals surface area (Å²) in [5, 5.41) is 13.9. The normalized spacial score (nSPS) is 15.1. The van der Waals surface area contributed by atoms with E-state index in [-0.39, 0.29) is 10.9 Å². The minimum atomic E-state index is -4.50. The van der Waals surface area contributed by atoms with E-state index in [1.165, 1.54) is 43.7 Å². The molecule has 43 heavy (non-hydrogen) atoms. The molecule has 1 aliphatic rings. The summed E-state index contributed by atoms with van der Waals surface area (Å²) in [6.07, 6.45) is 2.77. The number of ether oxygens (including phenoxy) is 1. The molecule has 5 rings (SSSR count). The highest BCUT2D eigenvalue weighted by Crippen LogP contribution is 2.39. The first-order valence-corrected chi connectivity index (χ1v) is 15.3. The molecule has 1 fully saturated rings. The Labute approximate surface area is 255 Å². The summed E-state index contributed by atoms with van der Waals surface area (Å²) in [6.45, 7) is 2.20. The lowest BCUT2D eigenvalue weighted by molar-refractivity contribution is -0.137. The number of alkyl halides is 3. The van der Waals surface area contributed by atoms with Gasteiger partial charge in [0.25, 0.3) is 0 Å². The van der Waals surface area contributed by atoms with Gasteiger partial charge in [0, 0.05) is 26.1 Å². The molecule has 1 heterocycles. The number of halogens is 4. The van der Waals surface area contributed by atoms with Crippen LogP contribution in [0.2, 0.25) is 5.02 Å². The third kappa shape index (κ3) is 8.80. The first kappa shape index (κ1) is 31.0. The molecule has 4 aromatic rings. The van der Waals surface area contributed by atoms with E-state index in [1.54, 1.807) is 6.07 Å². The summed E-state index contributed by atoms with van der Waals surface area (Å²) < 4.78 is 47.1. The second-order valence-corrected chi connectivity index (χ2v) is 11.7. The second-order valence-electron chi connectivity index (χ2n) is 11.3. The fraction of sp³-hybridized carbons (Fsp3) is 0.424. The molecule has 6 nitrogen and oxygen atoms in total. The number of nitrogens with one attached hydrogen (secondary N) is 1. The van der Waals surface area contributed by atoms with Crippen LogP contribution in [-0.4, -0.2) is 45.2 Å². The van der Waals surface area contributed by atoms with Crippen molar-refractivity contribution in [1.82, 2.24) is 25.5 Å². The van der Waals surface area contributed by atoms with Crippen LogP contribution in [0.1, 0.15) is 72.5 Å². The zero-order chi connectivity index (χ0) is 30.1. The van der Waals surface area contributed by atoms with Gasteiger partial charge in [-0.1, -0.05) is 90.7 Å². The first-order chi connectivity index (χ1) is 20.9. The van der Waals surface area contributed by atoms with E-state index in [0.717, 1.165) is 23.9 Å². The number of benzene rings is 3. The molecule has 0 aliphatic heterocycles. The number of aromatic amines is 1. The van der Waals surface area contributed by atoms with E-state index in [4.69, 9.17) is 16.3 Å². The molecule has 0 amide bonds. The topological polar surface area (TPSA) is 66.9 Å². The summed E-state index contributed by atoms with van der Waals surface area (Å²) >= 11 is 6.36. The van der Waals surface area contributed by atoms with Gasteiger partial charge in [0.05, 0.1) is 17.2 Å². The van der Waals surface area contributed by atoms with Crippen LogP contribution in [0.5, 0.6) is 5.75 Å². The molecule has 0 radical (unpaired) electrons. The van der Waals surface area contributed by atoms with E-state index in [9.17, 15) is 13.2 Å². The van der Waals surface area contributed by atoms with Gasteiger partial charge >= 0.3 is 6.18 Å². The van der Waals surface area contributed by atoms with Crippen LogP contribution >= 0.6 is 11.6 Å². The van der Waals surface area contributed by atoms with Crippen LogP contribution in [0.4, 0.5) is 13.2 Å². The minimum absolute atomic E-state index is 0.219.